The molecule has 0 fully saturated rings. The maximum Gasteiger partial charge on any atom is 0.193 e. The van der Waals surface area contributed by atoms with Crippen molar-refractivity contribution < 1.29 is 14.3 Å². The van der Waals surface area contributed by atoms with Gasteiger partial charge in [0.25, 0.3) is 0 Å². The van der Waals surface area contributed by atoms with Crippen molar-refractivity contribution in [3.05, 3.63) is 71.3 Å². The van der Waals surface area contributed by atoms with Gasteiger partial charge in [-0.05, 0) is 48.8 Å². The number of allylic oxidation sites excluding steroid dienone is 1. The summed E-state index contributed by atoms with van der Waals surface area (Å²) in [7, 11) is 0. The van der Waals surface area contributed by atoms with Gasteiger partial charge in [0.15, 0.2) is 18.2 Å². The molecule has 0 saturated heterocycles. The minimum atomic E-state index is -0.0634. The summed E-state index contributed by atoms with van der Waals surface area (Å²) < 4.78 is 5.55. The van der Waals surface area contributed by atoms with Crippen LogP contribution in [0.3, 0.4) is 0 Å². The molecule has 0 spiro atoms. The van der Waals surface area contributed by atoms with Crippen LogP contribution in [-0.2, 0) is 11.2 Å². The quantitative estimate of drug-likeness (QED) is 0.813. The van der Waals surface area contributed by atoms with Gasteiger partial charge in [-0.3, -0.25) is 9.59 Å². The van der Waals surface area contributed by atoms with Crippen LogP contribution in [0.2, 0.25) is 0 Å². The number of ketones is 2. The van der Waals surface area contributed by atoms with Crippen molar-refractivity contribution in [1.82, 2.24) is 0 Å². The Hall–Kier alpha value is -2.68. The number of hydrogen-bond donors (Lipinski definition) is 0. The Kier molecular flexibility index (Phi) is 3.88. The molecule has 0 bridgehead atoms. The smallest absolute Gasteiger partial charge is 0.193 e. The maximum absolute atomic E-state index is 11.9. The second-order valence-corrected chi connectivity index (χ2v) is 5.35. The van der Waals surface area contributed by atoms with Gasteiger partial charge in [0, 0.05) is 11.1 Å². The van der Waals surface area contributed by atoms with Crippen molar-refractivity contribution >= 4 is 17.1 Å². The third-order valence-corrected chi connectivity index (χ3v) is 3.67. The molecule has 1 aliphatic heterocycles. The van der Waals surface area contributed by atoms with E-state index >= 15 is 0 Å². The summed E-state index contributed by atoms with van der Waals surface area (Å²) in [4.78, 5) is 23.5. The third kappa shape index (κ3) is 2.98. The predicted octanol–water partition coefficient (Wildman–Crippen LogP) is 3.48. The van der Waals surface area contributed by atoms with E-state index in [0.717, 1.165) is 16.7 Å². The summed E-state index contributed by atoms with van der Waals surface area (Å²) in [6.45, 7) is 1.57. The van der Waals surface area contributed by atoms with Gasteiger partial charge in [0.1, 0.15) is 5.75 Å². The second-order valence-electron chi connectivity index (χ2n) is 5.35. The van der Waals surface area contributed by atoms with Crippen molar-refractivity contribution in [2.24, 2.45) is 0 Å². The first-order chi connectivity index (χ1) is 10.6. The number of ether oxygens (including phenoxy) is 1. The first kappa shape index (κ1) is 14.3. The van der Waals surface area contributed by atoms with E-state index in [4.69, 9.17) is 4.74 Å². The van der Waals surface area contributed by atoms with Gasteiger partial charge in [-0.2, -0.15) is 0 Å². The minimum Gasteiger partial charge on any atom is -0.485 e. The molecule has 2 aromatic rings. The van der Waals surface area contributed by atoms with Gasteiger partial charge in [-0.25, -0.2) is 0 Å². The highest BCUT2D eigenvalue weighted by Gasteiger charge is 2.18. The monoisotopic (exact) mass is 292 g/mol. The fraction of sp³-hybridized carbons (Fsp3) is 0.158. The molecule has 0 aromatic heterocycles. The average molecular weight is 292 g/mol. The molecule has 1 aliphatic rings. The van der Waals surface area contributed by atoms with E-state index in [1.165, 1.54) is 6.92 Å². The molecule has 0 saturated carbocycles. The highest BCUT2D eigenvalue weighted by molar-refractivity contribution is 6.01. The Bertz CT molecular complexity index is 758. The van der Waals surface area contributed by atoms with Crippen LogP contribution in [0, 0.1) is 0 Å². The Morgan fingerprint density at radius 3 is 2.64 bits per heavy atom. The molecule has 0 unspecified atom stereocenters. The number of fused-ring (bicyclic) bond motifs is 1. The van der Waals surface area contributed by atoms with E-state index in [1.54, 1.807) is 18.2 Å². The van der Waals surface area contributed by atoms with E-state index in [9.17, 15) is 9.59 Å². The van der Waals surface area contributed by atoms with Crippen molar-refractivity contribution in [3.63, 3.8) is 0 Å². The van der Waals surface area contributed by atoms with Crippen molar-refractivity contribution in [1.29, 1.82) is 0 Å². The fourth-order valence-corrected chi connectivity index (χ4v) is 2.55. The normalized spacial score (nSPS) is 13.7. The lowest BCUT2D eigenvalue weighted by molar-refractivity contribution is -0.116. The Balaban J connectivity index is 2.06. The Labute approximate surface area is 129 Å². The molecule has 3 rings (SSSR count). The molecule has 22 heavy (non-hydrogen) atoms. The molecule has 110 valence electrons. The van der Waals surface area contributed by atoms with Crippen LogP contribution < -0.4 is 4.74 Å². The SMILES string of the molecule is CC(=O)c1ccc2c(c1)C(Cc1ccccc1)=CC(=O)CO2. The van der Waals surface area contributed by atoms with E-state index in [2.05, 4.69) is 0 Å². The summed E-state index contributed by atoms with van der Waals surface area (Å²) in [5.41, 5.74) is 3.44. The molecule has 3 nitrogen and oxygen atoms in total. The molecule has 0 N–H and O–H groups in total. The number of Topliss-reactive ketones (excluding diaryl/α,β-unsaturated/α-hetero) is 1. The van der Waals surface area contributed by atoms with Crippen LogP contribution in [-0.4, -0.2) is 18.2 Å². The van der Waals surface area contributed by atoms with Crippen LogP contribution in [0.25, 0.3) is 5.57 Å². The molecule has 2 aromatic carbocycles. The molecule has 3 heteroatoms. The topological polar surface area (TPSA) is 43.4 Å². The largest absolute Gasteiger partial charge is 0.485 e. The second kappa shape index (κ2) is 5.98. The minimum absolute atomic E-state index is 0.00238. The Morgan fingerprint density at radius 1 is 1.14 bits per heavy atom. The lowest BCUT2D eigenvalue weighted by Gasteiger charge is -2.12. The third-order valence-electron chi connectivity index (χ3n) is 3.67. The van der Waals surface area contributed by atoms with Gasteiger partial charge < -0.3 is 4.74 Å². The van der Waals surface area contributed by atoms with Gasteiger partial charge in [-0.1, -0.05) is 30.3 Å². The summed E-state index contributed by atoms with van der Waals surface area (Å²) in [5, 5.41) is 0. The average Bonchev–Trinajstić information content (AvgIpc) is 2.67. The first-order valence-electron chi connectivity index (χ1n) is 7.19. The number of carbonyl (C=O) groups is 2. The zero-order chi connectivity index (χ0) is 15.5. The van der Waals surface area contributed by atoms with Crippen LogP contribution >= 0.6 is 0 Å². The highest BCUT2D eigenvalue weighted by atomic mass is 16.5. The maximum atomic E-state index is 11.9. The lowest BCUT2D eigenvalue weighted by Crippen LogP contribution is -2.06. The van der Waals surface area contributed by atoms with E-state index in [1.807, 2.05) is 36.4 Å². The molecule has 0 aliphatic carbocycles. The summed E-state index contributed by atoms with van der Waals surface area (Å²) >= 11 is 0. The summed E-state index contributed by atoms with van der Waals surface area (Å²) in [6, 6.07) is 15.2. The van der Waals surface area contributed by atoms with Crippen molar-refractivity contribution in [3.8, 4) is 5.75 Å². The molecule has 0 radical (unpaired) electrons. The van der Waals surface area contributed by atoms with Crippen LogP contribution in [0.5, 0.6) is 5.75 Å². The number of hydrogen-bond acceptors (Lipinski definition) is 3. The zero-order valence-corrected chi connectivity index (χ0v) is 12.3. The highest BCUT2D eigenvalue weighted by Crippen LogP contribution is 2.32. The number of rotatable bonds is 3. The standard InChI is InChI=1S/C19H16O3/c1-13(20)15-7-8-19-18(11-15)16(10-17(21)12-22-19)9-14-5-3-2-4-6-14/h2-8,10-11H,9,12H2,1H3. The number of carbonyl (C=O) groups excluding carboxylic acids is 2. The molecular formula is C19H16O3. The van der Waals surface area contributed by atoms with Gasteiger partial charge in [0.05, 0.1) is 0 Å². The number of benzene rings is 2. The van der Waals surface area contributed by atoms with E-state index < -0.39 is 0 Å². The first-order valence-corrected chi connectivity index (χ1v) is 7.19. The summed E-state index contributed by atoms with van der Waals surface area (Å²) in [6.07, 6.45) is 2.26. The zero-order valence-electron chi connectivity index (χ0n) is 12.3. The van der Waals surface area contributed by atoms with Gasteiger partial charge in [0.2, 0.25) is 0 Å². The van der Waals surface area contributed by atoms with Gasteiger partial charge >= 0.3 is 0 Å². The molecule has 0 atom stereocenters. The molecule has 0 amide bonds. The van der Waals surface area contributed by atoms with E-state index in [-0.39, 0.29) is 18.2 Å². The fourth-order valence-electron chi connectivity index (χ4n) is 2.55. The molecule has 1 heterocycles. The van der Waals surface area contributed by atoms with Crippen LogP contribution in [0.15, 0.2) is 54.6 Å². The van der Waals surface area contributed by atoms with Crippen LogP contribution in [0.4, 0.5) is 0 Å². The summed E-state index contributed by atoms with van der Waals surface area (Å²) in [5.74, 6) is 0.585. The Morgan fingerprint density at radius 2 is 1.91 bits per heavy atom. The predicted molar refractivity (Wildman–Crippen MR) is 85.1 cm³/mol. The lowest BCUT2D eigenvalue weighted by atomic mass is 9.94. The van der Waals surface area contributed by atoms with Crippen molar-refractivity contribution in [2.45, 2.75) is 13.3 Å². The molecular weight excluding hydrogens is 276 g/mol. The van der Waals surface area contributed by atoms with Crippen LogP contribution in [0.1, 0.15) is 28.4 Å². The van der Waals surface area contributed by atoms with Gasteiger partial charge in [-0.15, -0.1) is 0 Å². The van der Waals surface area contributed by atoms with Crippen molar-refractivity contribution in [2.75, 3.05) is 6.61 Å². The van der Waals surface area contributed by atoms with E-state index in [0.29, 0.717) is 17.7 Å².